The number of thiocarbonyl (C=S) groups is 1. The van der Waals surface area contributed by atoms with E-state index in [1.54, 1.807) is 18.2 Å². The van der Waals surface area contributed by atoms with Gasteiger partial charge in [-0.3, -0.25) is 4.79 Å². The lowest BCUT2D eigenvalue weighted by atomic mass is 9.95. The quantitative estimate of drug-likeness (QED) is 0.403. The Morgan fingerprint density at radius 3 is 2.34 bits per heavy atom. The van der Waals surface area contributed by atoms with E-state index in [-0.39, 0.29) is 5.78 Å². The number of hydrogen-bond donors (Lipinski definition) is 1. The molecule has 1 aliphatic heterocycles. The van der Waals surface area contributed by atoms with Crippen molar-refractivity contribution >= 4 is 23.0 Å². The van der Waals surface area contributed by atoms with Gasteiger partial charge in [0, 0.05) is 24.2 Å². The third-order valence-electron chi connectivity index (χ3n) is 5.31. The van der Waals surface area contributed by atoms with Gasteiger partial charge in [-0.1, -0.05) is 26.1 Å². The summed E-state index contributed by atoms with van der Waals surface area (Å²) in [6, 6.07) is 8.89. The van der Waals surface area contributed by atoms with Gasteiger partial charge in [-0.2, -0.15) is 4.57 Å². The number of aromatic nitrogens is 1. The Balaban J connectivity index is 1.93. The second-order valence-corrected chi connectivity index (χ2v) is 7.55. The number of Topliss-reactive ketones (excluding diaryl/α,β-unsaturated/α-hetero) is 1. The standard InChI is InChI=1S/C23H28N2O3S/c1-4-16(5-2)17-9-11-25(12-10-17)21(23(29)24-6-3)22(26)18-7-8-19-20(15-18)28-14-13-27-19/h7-12,15-16,21H,4-6,13-14H2,1-3H3/p+1/t21-/m0/s1. The van der Waals surface area contributed by atoms with Crippen molar-refractivity contribution < 1.29 is 18.8 Å². The second kappa shape index (κ2) is 9.83. The number of rotatable bonds is 8. The molecule has 0 aliphatic carbocycles. The Morgan fingerprint density at radius 1 is 1.07 bits per heavy atom. The fourth-order valence-electron chi connectivity index (χ4n) is 3.67. The predicted octanol–water partition coefficient (Wildman–Crippen LogP) is 4.01. The SMILES string of the molecule is CCNC(=S)[C@H](C(=O)c1ccc2c(c1)OCCO2)[n+]1ccc(C(CC)CC)cc1. The van der Waals surface area contributed by atoms with Crippen LogP contribution in [0.15, 0.2) is 42.7 Å². The summed E-state index contributed by atoms with van der Waals surface area (Å²) in [6.07, 6.45) is 6.10. The molecule has 0 spiro atoms. The summed E-state index contributed by atoms with van der Waals surface area (Å²) in [5.41, 5.74) is 1.84. The van der Waals surface area contributed by atoms with Crippen LogP contribution in [0.25, 0.3) is 0 Å². The van der Waals surface area contributed by atoms with Crippen LogP contribution in [0.3, 0.4) is 0 Å². The number of pyridine rings is 1. The number of fused-ring (bicyclic) bond motifs is 1. The van der Waals surface area contributed by atoms with E-state index in [0.717, 1.165) is 12.8 Å². The van der Waals surface area contributed by atoms with Gasteiger partial charge in [0.2, 0.25) is 5.78 Å². The molecule has 0 bridgehead atoms. The van der Waals surface area contributed by atoms with Crippen LogP contribution in [0.1, 0.15) is 61.5 Å². The fraction of sp³-hybridized carbons (Fsp3) is 0.435. The van der Waals surface area contributed by atoms with E-state index >= 15 is 0 Å². The van der Waals surface area contributed by atoms with Crippen molar-refractivity contribution in [3.63, 3.8) is 0 Å². The van der Waals surface area contributed by atoms with Crippen LogP contribution in [0.2, 0.25) is 0 Å². The first-order valence-electron chi connectivity index (χ1n) is 10.3. The number of ketones is 1. The fourth-order valence-corrected chi connectivity index (χ4v) is 4.04. The normalized spacial score (nSPS) is 13.8. The monoisotopic (exact) mass is 413 g/mol. The maximum atomic E-state index is 13.4. The van der Waals surface area contributed by atoms with E-state index < -0.39 is 6.04 Å². The average Bonchev–Trinajstić information content (AvgIpc) is 2.75. The molecule has 2 aromatic rings. The molecule has 29 heavy (non-hydrogen) atoms. The van der Waals surface area contributed by atoms with Crippen molar-refractivity contribution in [2.45, 2.75) is 45.6 Å². The van der Waals surface area contributed by atoms with Gasteiger partial charge in [-0.25, -0.2) is 0 Å². The van der Waals surface area contributed by atoms with Crippen LogP contribution in [0, 0.1) is 0 Å². The van der Waals surface area contributed by atoms with Crippen LogP contribution in [-0.4, -0.2) is 30.5 Å². The molecule has 0 fully saturated rings. The van der Waals surface area contributed by atoms with E-state index in [1.165, 1.54) is 5.56 Å². The van der Waals surface area contributed by atoms with Gasteiger partial charge in [-0.05, 0) is 49.4 Å². The number of hydrogen-bond acceptors (Lipinski definition) is 4. The van der Waals surface area contributed by atoms with Crippen molar-refractivity contribution in [2.75, 3.05) is 19.8 Å². The number of carbonyl (C=O) groups excluding carboxylic acids is 1. The minimum absolute atomic E-state index is 0.0757. The molecule has 1 aromatic carbocycles. The van der Waals surface area contributed by atoms with Gasteiger partial charge >= 0.3 is 0 Å². The van der Waals surface area contributed by atoms with Gasteiger partial charge in [0.25, 0.3) is 6.04 Å². The number of likely N-dealkylation sites (N-methyl/N-ethyl adjacent to an activating group) is 1. The van der Waals surface area contributed by atoms with Crippen LogP contribution < -0.4 is 19.4 Å². The largest absolute Gasteiger partial charge is 0.486 e. The summed E-state index contributed by atoms with van der Waals surface area (Å²) in [5, 5.41) is 3.15. The molecular weight excluding hydrogens is 384 g/mol. The Bertz CT molecular complexity index is 863. The first-order valence-corrected chi connectivity index (χ1v) is 10.7. The molecule has 1 aliphatic rings. The summed E-state index contributed by atoms with van der Waals surface area (Å²) in [4.78, 5) is 13.9. The molecule has 5 nitrogen and oxygen atoms in total. The van der Waals surface area contributed by atoms with E-state index in [0.29, 0.717) is 47.7 Å². The molecular formula is C23H29N2O3S+. The maximum absolute atomic E-state index is 13.4. The van der Waals surface area contributed by atoms with Gasteiger partial charge in [0.1, 0.15) is 13.2 Å². The van der Waals surface area contributed by atoms with Crippen molar-refractivity contribution in [1.82, 2.24) is 5.32 Å². The number of nitrogens with zero attached hydrogens (tertiary/aromatic N) is 1. The molecule has 3 rings (SSSR count). The number of nitrogens with one attached hydrogen (secondary N) is 1. The van der Waals surface area contributed by atoms with E-state index in [9.17, 15) is 4.79 Å². The highest BCUT2D eigenvalue weighted by Crippen LogP contribution is 2.31. The summed E-state index contributed by atoms with van der Waals surface area (Å²) in [7, 11) is 0. The minimum Gasteiger partial charge on any atom is -0.486 e. The second-order valence-electron chi connectivity index (χ2n) is 7.11. The Labute approximate surface area is 178 Å². The molecule has 1 aromatic heterocycles. The van der Waals surface area contributed by atoms with Crippen molar-refractivity contribution in [3.05, 3.63) is 53.9 Å². The highest BCUT2D eigenvalue weighted by Gasteiger charge is 2.33. The predicted molar refractivity (Wildman–Crippen MR) is 117 cm³/mol. The molecule has 0 amide bonds. The Kier molecular flexibility index (Phi) is 7.20. The first kappa shape index (κ1) is 21.2. The van der Waals surface area contributed by atoms with Gasteiger partial charge in [0.15, 0.2) is 28.9 Å². The molecule has 1 N–H and O–H groups in total. The highest BCUT2D eigenvalue weighted by atomic mass is 32.1. The lowest BCUT2D eigenvalue weighted by Crippen LogP contribution is -2.51. The summed E-state index contributed by atoms with van der Waals surface area (Å²) in [6.45, 7) is 8.03. The van der Waals surface area contributed by atoms with Crippen LogP contribution in [-0.2, 0) is 0 Å². The van der Waals surface area contributed by atoms with Crippen molar-refractivity contribution in [1.29, 1.82) is 0 Å². The third kappa shape index (κ3) is 4.75. The molecule has 0 unspecified atom stereocenters. The maximum Gasteiger partial charge on any atom is 0.270 e. The zero-order chi connectivity index (χ0) is 20.8. The van der Waals surface area contributed by atoms with E-state index in [2.05, 4.69) is 31.3 Å². The van der Waals surface area contributed by atoms with Gasteiger partial charge in [0.05, 0.1) is 0 Å². The zero-order valence-corrected chi connectivity index (χ0v) is 18.1. The summed E-state index contributed by atoms with van der Waals surface area (Å²) >= 11 is 5.58. The Hall–Kier alpha value is -2.47. The van der Waals surface area contributed by atoms with Crippen LogP contribution >= 0.6 is 12.2 Å². The minimum atomic E-state index is -0.608. The molecule has 0 saturated carbocycles. The zero-order valence-electron chi connectivity index (χ0n) is 17.3. The lowest BCUT2D eigenvalue weighted by molar-refractivity contribution is -0.692. The third-order valence-corrected chi connectivity index (χ3v) is 5.68. The van der Waals surface area contributed by atoms with Crippen molar-refractivity contribution in [2.24, 2.45) is 0 Å². The average molecular weight is 414 g/mol. The molecule has 0 saturated heterocycles. The van der Waals surface area contributed by atoms with E-state index in [4.69, 9.17) is 21.7 Å². The number of ether oxygens (including phenoxy) is 2. The van der Waals surface area contributed by atoms with Gasteiger partial charge in [-0.15, -0.1) is 0 Å². The molecule has 0 radical (unpaired) electrons. The summed E-state index contributed by atoms with van der Waals surface area (Å²) < 4.78 is 13.1. The number of carbonyl (C=O) groups is 1. The topological polar surface area (TPSA) is 51.4 Å². The number of benzene rings is 1. The lowest BCUT2D eigenvalue weighted by Gasteiger charge is -2.19. The van der Waals surface area contributed by atoms with Gasteiger partial charge < -0.3 is 14.8 Å². The molecule has 6 heteroatoms. The van der Waals surface area contributed by atoms with E-state index in [1.807, 2.05) is 23.9 Å². The molecule has 1 atom stereocenters. The van der Waals surface area contributed by atoms with Crippen LogP contribution in [0.4, 0.5) is 0 Å². The van der Waals surface area contributed by atoms with Crippen molar-refractivity contribution in [3.8, 4) is 11.5 Å². The van der Waals surface area contributed by atoms with Crippen LogP contribution in [0.5, 0.6) is 11.5 Å². The highest BCUT2D eigenvalue weighted by molar-refractivity contribution is 7.80. The first-order chi connectivity index (χ1) is 14.1. The molecule has 154 valence electrons. The smallest absolute Gasteiger partial charge is 0.270 e. The Morgan fingerprint density at radius 2 is 1.72 bits per heavy atom. The summed E-state index contributed by atoms with van der Waals surface area (Å²) in [5.74, 6) is 1.72. The molecule has 2 heterocycles.